The molecule has 0 radical (unpaired) electrons. The molecular formula is C8H7BrN2O. The van der Waals surface area contributed by atoms with Crippen molar-refractivity contribution in [1.82, 2.24) is 9.78 Å². The van der Waals surface area contributed by atoms with E-state index in [2.05, 4.69) is 21.0 Å². The van der Waals surface area contributed by atoms with Crippen molar-refractivity contribution in [3.8, 4) is 5.88 Å². The van der Waals surface area contributed by atoms with E-state index in [0.717, 1.165) is 11.6 Å². The normalized spacial score (nSPS) is 10.5. The van der Waals surface area contributed by atoms with Crippen LogP contribution in [0, 0.1) is 6.92 Å². The molecule has 4 heteroatoms. The number of halogens is 1. The third kappa shape index (κ3) is 1.18. The van der Waals surface area contributed by atoms with E-state index in [4.69, 9.17) is 4.42 Å². The van der Waals surface area contributed by atoms with Crippen LogP contribution in [0.15, 0.2) is 33.5 Å². The zero-order valence-electron chi connectivity index (χ0n) is 6.49. The molecule has 0 unspecified atom stereocenters. The molecule has 2 aromatic rings. The summed E-state index contributed by atoms with van der Waals surface area (Å²) in [6.07, 6.45) is 1.74. The van der Waals surface area contributed by atoms with Gasteiger partial charge in [-0.1, -0.05) is 0 Å². The maximum atomic E-state index is 5.33. The average Bonchev–Trinajstić information content (AvgIpc) is 2.58. The van der Waals surface area contributed by atoms with Gasteiger partial charge in [0.15, 0.2) is 4.67 Å². The lowest BCUT2D eigenvalue weighted by atomic mass is 10.5. The first-order valence-electron chi connectivity index (χ1n) is 3.54. The maximum absolute atomic E-state index is 5.33. The molecule has 62 valence electrons. The van der Waals surface area contributed by atoms with Gasteiger partial charge in [-0.15, -0.1) is 0 Å². The van der Waals surface area contributed by atoms with Crippen LogP contribution in [-0.4, -0.2) is 9.78 Å². The minimum Gasteiger partial charge on any atom is -0.432 e. The first-order chi connectivity index (χ1) is 5.77. The van der Waals surface area contributed by atoms with Gasteiger partial charge < -0.3 is 4.42 Å². The summed E-state index contributed by atoms with van der Waals surface area (Å²) in [5, 5.41) is 4.10. The predicted octanol–water partition coefficient (Wildman–Crippen LogP) is 2.54. The molecule has 2 rings (SSSR count). The van der Waals surface area contributed by atoms with Crippen LogP contribution in [0.25, 0.3) is 5.88 Å². The number of nitrogens with zero attached hydrogens (tertiary/aromatic N) is 2. The SMILES string of the molecule is Cc1ccnn1-c1ccc(Br)o1. The second kappa shape index (κ2) is 2.79. The molecule has 2 heterocycles. The fourth-order valence-electron chi connectivity index (χ4n) is 1.02. The Kier molecular flexibility index (Phi) is 1.77. The highest BCUT2D eigenvalue weighted by atomic mass is 79.9. The lowest BCUT2D eigenvalue weighted by molar-refractivity contribution is 0.498. The highest BCUT2D eigenvalue weighted by Crippen LogP contribution is 2.17. The summed E-state index contributed by atoms with van der Waals surface area (Å²) in [6.45, 7) is 1.98. The third-order valence-electron chi connectivity index (χ3n) is 1.60. The second-order valence-electron chi connectivity index (χ2n) is 2.46. The van der Waals surface area contributed by atoms with Gasteiger partial charge >= 0.3 is 0 Å². The van der Waals surface area contributed by atoms with Crippen molar-refractivity contribution in [3.63, 3.8) is 0 Å². The molecule has 0 amide bonds. The Balaban J connectivity index is 2.50. The van der Waals surface area contributed by atoms with E-state index < -0.39 is 0 Å². The van der Waals surface area contributed by atoms with Gasteiger partial charge in [-0.2, -0.15) is 5.10 Å². The van der Waals surface area contributed by atoms with E-state index in [1.54, 1.807) is 10.9 Å². The lowest BCUT2D eigenvalue weighted by Gasteiger charge is -1.96. The largest absolute Gasteiger partial charge is 0.432 e. The van der Waals surface area contributed by atoms with Crippen molar-refractivity contribution >= 4 is 15.9 Å². The number of rotatable bonds is 1. The van der Waals surface area contributed by atoms with Crippen molar-refractivity contribution in [1.29, 1.82) is 0 Å². The number of hydrogen-bond donors (Lipinski definition) is 0. The van der Waals surface area contributed by atoms with Gasteiger partial charge in [-0.25, -0.2) is 4.68 Å². The Morgan fingerprint density at radius 2 is 2.25 bits per heavy atom. The first-order valence-corrected chi connectivity index (χ1v) is 4.33. The molecule has 0 aliphatic carbocycles. The van der Waals surface area contributed by atoms with Crippen molar-refractivity contribution in [2.45, 2.75) is 6.92 Å². The molecule has 0 aromatic carbocycles. The molecule has 0 aliphatic heterocycles. The van der Waals surface area contributed by atoms with Crippen LogP contribution in [-0.2, 0) is 0 Å². The average molecular weight is 227 g/mol. The van der Waals surface area contributed by atoms with Gasteiger partial charge in [-0.05, 0) is 35.0 Å². The van der Waals surface area contributed by atoms with Gasteiger partial charge in [0.2, 0.25) is 5.88 Å². The molecule has 0 atom stereocenters. The molecule has 0 N–H and O–H groups in total. The summed E-state index contributed by atoms with van der Waals surface area (Å²) in [6, 6.07) is 5.64. The van der Waals surface area contributed by atoms with Gasteiger partial charge in [0, 0.05) is 18.0 Å². The van der Waals surface area contributed by atoms with E-state index in [1.807, 2.05) is 25.1 Å². The molecule has 0 bridgehead atoms. The van der Waals surface area contributed by atoms with Crippen LogP contribution >= 0.6 is 15.9 Å². The Hall–Kier alpha value is -1.03. The van der Waals surface area contributed by atoms with Crippen LogP contribution in [0.3, 0.4) is 0 Å². The Labute approximate surface area is 78.1 Å². The fourth-order valence-corrected chi connectivity index (χ4v) is 1.32. The van der Waals surface area contributed by atoms with Gasteiger partial charge in [0.05, 0.1) is 0 Å². The van der Waals surface area contributed by atoms with Crippen LogP contribution in [0.4, 0.5) is 0 Å². The molecular weight excluding hydrogens is 220 g/mol. The molecule has 0 saturated heterocycles. The van der Waals surface area contributed by atoms with Gasteiger partial charge in [-0.3, -0.25) is 0 Å². The van der Waals surface area contributed by atoms with Crippen molar-refractivity contribution in [2.24, 2.45) is 0 Å². The minimum absolute atomic E-state index is 0.715. The second-order valence-corrected chi connectivity index (χ2v) is 3.24. The number of hydrogen-bond acceptors (Lipinski definition) is 2. The zero-order chi connectivity index (χ0) is 8.55. The zero-order valence-corrected chi connectivity index (χ0v) is 8.08. The summed E-state index contributed by atoms with van der Waals surface area (Å²) in [7, 11) is 0. The summed E-state index contributed by atoms with van der Waals surface area (Å²) in [5.74, 6) is 0.726. The molecule has 12 heavy (non-hydrogen) atoms. The summed E-state index contributed by atoms with van der Waals surface area (Å²) < 4.78 is 7.78. The molecule has 2 aromatic heterocycles. The van der Waals surface area contributed by atoms with Crippen molar-refractivity contribution in [2.75, 3.05) is 0 Å². The number of furan rings is 1. The standard InChI is InChI=1S/C8H7BrN2O/c1-6-4-5-10-11(6)8-3-2-7(9)12-8/h2-5H,1H3. The van der Waals surface area contributed by atoms with E-state index in [-0.39, 0.29) is 0 Å². The van der Waals surface area contributed by atoms with E-state index in [9.17, 15) is 0 Å². The fraction of sp³-hybridized carbons (Fsp3) is 0.125. The van der Waals surface area contributed by atoms with Crippen LogP contribution in [0.5, 0.6) is 0 Å². The van der Waals surface area contributed by atoms with Gasteiger partial charge in [0.25, 0.3) is 0 Å². The van der Waals surface area contributed by atoms with Gasteiger partial charge in [0.1, 0.15) is 0 Å². The first kappa shape index (κ1) is 7.61. The molecule has 3 nitrogen and oxygen atoms in total. The van der Waals surface area contributed by atoms with Crippen LogP contribution < -0.4 is 0 Å². The van der Waals surface area contributed by atoms with E-state index >= 15 is 0 Å². The molecule has 0 fully saturated rings. The lowest BCUT2D eigenvalue weighted by Crippen LogP contribution is -1.95. The molecule has 0 saturated carbocycles. The van der Waals surface area contributed by atoms with E-state index in [1.165, 1.54) is 0 Å². The highest BCUT2D eigenvalue weighted by molar-refractivity contribution is 9.10. The smallest absolute Gasteiger partial charge is 0.221 e. The monoisotopic (exact) mass is 226 g/mol. The Bertz CT molecular complexity index is 391. The molecule has 0 spiro atoms. The summed E-state index contributed by atoms with van der Waals surface area (Å²) in [4.78, 5) is 0. The Morgan fingerprint density at radius 1 is 1.42 bits per heavy atom. The predicted molar refractivity (Wildman–Crippen MR) is 48.3 cm³/mol. The highest BCUT2D eigenvalue weighted by Gasteiger charge is 2.03. The third-order valence-corrected chi connectivity index (χ3v) is 2.03. The van der Waals surface area contributed by atoms with Crippen LogP contribution in [0.1, 0.15) is 5.69 Å². The number of aromatic nitrogens is 2. The summed E-state index contributed by atoms with van der Waals surface area (Å²) in [5.41, 5.74) is 1.05. The summed E-state index contributed by atoms with van der Waals surface area (Å²) >= 11 is 3.23. The van der Waals surface area contributed by atoms with Crippen molar-refractivity contribution < 1.29 is 4.42 Å². The quantitative estimate of drug-likeness (QED) is 0.749. The van der Waals surface area contributed by atoms with Crippen LogP contribution in [0.2, 0.25) is 0 Å². The van der Waals surface area contributed by atoms with Crippen molar-refractivity contribution in [3.05, 3.63) is 34.8 Å². The maximum Gasteiger partial charge on any atom is 0.221 e. The number of aryl methyl sites for hydroxylation is 1. The molecule has 0 aliphatic rings. The minimum atomic E-state index is 0.715. The van der Waals surface area contributed by atoms with E-state index in [0.29, 0.717) is 4.67 Å². The Morgan fingerprint density at radius 3 is 2.75 bits per heavy atom. The topological polar surface area (TPSA) is 31.0 Å².